The fourth-order valence-electron chi connectivity index (χ4n) is 5.70. The highest BCUT2D eigenvalue weighted by molar-refractivity contribution is 5.95. The summed E-state index contributed by atoms with van der Waals surface area (Å²) in [5.41, 5.74) is 4.29. The van der Waals surface area contributed by atoms with Gasteiger partial charge in [0, 0.05) is 30.6 Å². The topological polar surface area (TPSA) is 66.4 Å². The molecule has 5 rings (SSSR count). The number of aromatic nitrogens is 2. The number of hydrogen-bond acceptors (Lipinski definition) is 4. The molecule has 174 valence electrons. The van der Waals surface area contributed by atoms with Gasteiger partial charge in [0.15, 0.2) is 5.82 Å². The molecule has 6 nitrogen and oxygen atoms in total. The molecule has 0 unspecified atom stereocenters. The number of nitrogens with zero attached hydrogens (tertiary/aromatic N) is 4. The molecule has 2 amide bonds. The number of likely N-dealkylation sites (tertiary alicyclic amines) is 1. The van der Waals surface area contributed by atoms with E-state index in [0.717, 1.165) is 42.0 Å². The zero-order valence-corrected chi connectivity index (χ0v) is 19.8. The van der Waals surface area contributed by atoms with Gasteiger partial charge in [0.1, 0.15) is 5.82 Å². The number of carbonyl (C=O) groups is 2. The van der Waals surface area contributed by atoms with Crippen LogP contribution in [-0.2, 0) is 22.6 Å². The fourth-order valence-corrected chi connectivity index (χ4v) is 5.70. The van der Waals surface area contributed by atoms with Crippen LogP contribution in [0.25, 0.3) is 0 Å². The third-order valence-electron chi connectivity index (χ3n) is 7.63. The zero-order valence-electron chi connectivity index (χ0n) is 19.8. The summed E-state index contributed by atoms with van der Waals surface area (Å²) < 4.78 is 0. The SMILES string of the molecule is Cc1ccc(CN2C(=O)CCc3c(C)nc([C@@H]4CCCN4C(=O)CC4CCCC4)nc32)cc1. The summed E-state index contributed by atoms with van der Waals surface area (Å²) in [7, 11) is 0. The molecular weight excluding hydrogens is 412 g/mol. The number of anilines is 1. The van der Waals surface area contributed by atoms with Crippen LogP contribution in [0, 0.1) is 19.8 Å². The molecule has 0 bridgehead atoms. The Bertz CT molecular complexity index is 1040. The molecule has 1 saturated carbocycles. The van der Waals surface area contributed by atoms with Crippen molar-refractivity contribution in [2.24, 2.45) is 5.92 Å². The van der Waals surface area contributed by atoms with E-state index in [-0.39, 0.29) is 17.9 Å². The molecule has 3 aliphatic rings. The second-order valence-corrected chi connectivity index (χ2v) is 10.0. The second kappa shape index (κ2) is 9.24. The molecule has 0 N–H and O–H groups in total. The van der Waals surface area contributed by atoms with Crippen molar-refractivity contribution in [3.8, 4) is 0 Å². The van der Waals surface area contributed by atoms with Crippen LogP contribution in [0.1, 0.15) is 85.6 Å². The lowest BCUT2D eigenvalue weighted by atomic mass is 10.0. The molecule has 1 aromatic carbocycles. The van der Waals surface area contributed by atoms with Crippen molar-refractivity contribution in [1.29, 1.82) is 0 Å². The van der Waals surface area contributed by atoms with Gasteiger partial charge in [-0.05, 0) is 57.4 Å². The maximum absolute atomic E-state index is 13.1. The number of hydrogen-bond donors (Lipinski definition) is 0. The summed E-state index contributed by atoms with van der Waals surface area (Å²) in [6.45, 7) is 5.37. The lowest BCUT2D eigenvalue weighted by molar-refractivity contribution is -0.133. The van der Waals surface area contributed by atoms with Gasteiger partial charge in [-0.2, -0.15) is 0 Å². The lowest BCUT2D eigenvalue weighted by Gasteiger charge is -2.31. The maximum Gasteiger partial charge on any atom is 0.228 e. The Labute approximate surface area is 196 Å². The summed E-state index contributed by atoms with van der Waals surface area (Å²) in [5.74, 6) is 2.33. The van der Waals surface area contributed by atoms with E-state index >= 15 is 0 Å². The Morgan fingerprint density at radius 2 is 1.76 bits per heavy atom. The van der Waals surface area contributed by atoms with Crippen molar-refractivity contribution in [2.75, 3.05) is 11.4 Å². The van der Waals surface area contributed by atoms with Gasteiger partial charge in [-0.3, -0.25) is 14.5 Å². The highest BCUT2D eigenvalue weighted by Crippen LogP contribution is 2.36. The first kappa shape index (κ1) is 22.1. The van der Waals surface area contributed by atoms with E-state index in [0.29, 0.717) is 37.5 Å². The largest absolute Gasteiger partial charge is 0.332 e. The van der Waals surface area contributed by atoms with Crippen molar-refractivity contribution in [2.45, 2.75) is 84.2 Å². The summed E-state index contributed by atoms with van der Waals surface area (Å²) >= 11 is 0. The minimum absolute atomic E-state index is 0.0823. The first-order valence-corrected chi connectivity index (χ1v) is 12.5. The van der Waals surface area contributed by atoms with Crippen LogP contribution in [0.5, 0.6) is 0 Å². The lowest BCUT2D eigenvalue weighted by Crippen LogP contribution is -2.37. The molecule has 2 aromatic rings. The van der Waals surface area contributed by atoms with E-state index in [1.54, 1.807) is 0 Å². The molecule has 0 radical (unpaired) electrons. The Morgan fingerprint density at radius 3 is 2.52 bits per heavy atom. The van der Waals surface area contributed by atoms with Crippen molar-refractivity contribution in [3.63, 3.8) is 0 Å². The molecule has 3 heterocycles. The van der Waals surface area contributed by atoms with Gasteiger partial charge in [0.25, 0.3) is 0 Å². The summed E-state index contributed by atoms with van der Waals surface area (Å²) in [6.07, 6.45) is 8.53. The average molecular weight is 447 g/mol. The second-order valence-electron chi connectivity index (χ2n) is 10.0. The predicted octanol–water partition coefficient (Wildman–Crippen LogP) is 4.82. The summed E-state index contributed by atoms with van der Waals surface area (Å²) in [5, 5.41) is 0. The molecule has 1 saturated heterocycles. The van der Waals surface area contributed by atoms with E-state index in [4.69, 9.17) is 9.97 Å². The van der Waals surface area contributed by atoms with Crippen LogP contribution < -0.4 is 4.90 Å². The van der Waals surface area contributed by atoms with Crippen LogP contribution in [0.2, 0.25) is 0 Å². The Morgan fingerprint density at radius 1 is 1.00 bits per heavy atom. The van der Waals surface area contributed by atoms with Gasteiger partial charge in [0.05, 0.1) is 12.6 Å². The number of benzene rings is 1. The minimum Gasteiger partial charge on any atom is -0.332 e. The number of carbonyl (C=O) groups excluding carboxylic acids is 2. The van der Waals surface area contributed by atoms with Crippen LogP contribution >= 0.6 is 0 Å². The molecular formula is C27H34N4O2. The smallest absolute Gasteiger partial charge is 0.228 e. The van der Waals surface area contributed by atoms with Crippen LogP contribution in [0.15, 0.2) is 24.3 Å². The van der Waals surface area contributed by atoms with Crippen molar-refractivity contribution >= 4 is 17.6 Å². The van der Waals surface area contributed by atoms with Crippen molar-refractivity contribution < 1.29 is 9.59 Å². The van der Waals surface area contributed by atoms with E-state index in [2.05, 4.69) is 31.2 Å². The van der Waals surface area contributed by atoms with Crippen LogP contribution in [-0.4, -0.2) is 33.2 Å². The van der Waals surface area contributed by atoms with E-state index in [1.807, 2.05) is 16.7 Å². The Kier molecular flexibility index (Phi) is 6.17. The summed E-state index contributed by atoms with van der Waals surface area (Å²) in [4.78, 5) is 39.8. The molecule has 1 atom stereocenters. The van der Waals surface area contributed by atoms with Gasteiger partial charge in [-0.1, -0.05) is 42.7 Å². The van der Waals surface area contributed by atoms with Crippen molar-refractivity contribution in [3.05, 3.63) is 52.5 Å². The fraction of sp³-hybridized carbons (Fsp3) is 0.556. The van der Waals surface area contributed by atoms with Crippen LogP contribution in [0.4, 0.5) is 5.82 Å². The van der Waals surface area contributed by atoms with Gasteiger partial charge in [-0.15, -0.1) is 0 Å². The Balaban J connectivity index is 1.43. The highest BCUT2D eigenvalue weighted by atomic mass is 16.2. The minimum atomic E-state index is -0.0823. The van der Waals surface area contributed by atoms with E-state index < -0.39 is 0 Å². The van der Waals surface area contributed by atoms with Gasteiger partial charge in [0.2, 0.25) is 11.8 Å². The van der Waals surface area contributed by atoms with Gasteiger partial charge in [-0.25, -0.2) is 9.97 Å². The Hall–Kier alpha value is -2.76. The molecule has 1 aliphatic carbocycles. The van der Waals surface area contributed by atoms with Gasteiger partial charge < -0.3 is 4.90 Å². The zero-order chi connectivity index (χ0) is 22.9. The highest BCUT2D eigenvalue weighted by Gasteiger charge is 2.36. The first-order valence-electron chi connectivity index (χ1n) is 12.5. The number of aryl methyl sites for hydroxylation is 2. The van der Waals surface area contributed by atoms with Gasteiger partial charge >= 0.3 is 0 Å². The average Bonchev–Trinajstić information content (AvgIpc) is 3.49. The molecule has 2 aliphatic heterocycles. The van der Waals surface area contributed by atoms with Crippen LogP contribution in [0.3, 0.4) is 0 Å². The van der Waals surface area contributed by atoms with Crippen molar-refractivity contribution in [1.82, 2.24) is 14.9 Å². The first-order chi connectivity index (χ1) is 16.0. The number of fused-ring (bicyclic) bond motifs is 1. The molecule has 1 aromatic heterocycles. The number of amides is 2. The monoisotopic (exact) mass is 446 g/mol. The molecule has 0 spiro atoms. The number of rotatable bonds is 5. The molecule has 2 fully saturated rings. The third kappa shape index (κ3) is 4.53. The molecule has 6 heteroatoms. The third-order valence-corrected chi connectivity index (χ3v) is 7.63. The normalized spacial score (nSPS) is 21.0. The van der Waals surface area contributed by atoms with E-state index in [9.17, 15) is 9.59 Å². The maximum atomic E-state index is 13.1. The quantitative estimate of drug-likeness (QED) is 0.661. The molecule has 33 heavy (non-hydrogen) atoms. The standard InChI is InChI=1S/C27H34N4O2/c1-18-9-11-21(12-10-18)17-31-24(32)14-13-22-19(2)28-26(29-27(22)31)23-8-5-15-30(23)25(33)16-20-6-3-4-7-20/h9-12,20,23H,3-8,13-17H2,1-2H3/t23-/m0/s1. The van der Waals surface area contributed by atoms with E-state index in [1.165, 1.54) is 31.2 Å². The predicted molar refractivity (Wildman–Crippen MR) is 128 cm³/mol. The summed E-state index contributed by atoms with van der Waals surface area (Å²) in [6, 6.07) is 8.22.